The van der Waals surface area contributed by atoms with Gasteiger partial charge in [0.1, 0.15) is 10.8 Å². The number of allylic oxidation sites excluding steroid dienone is 8. The minimum atomic E-state index is -1.20. The molecule has 0 atom stereocenters. The maximum absolute atomic E-state index is 12.4. The van der Waals surface area contributed by atoms with Crippen LogP contribution >= 0.6 is 0 Å². The Kier molecular flexibility index (Phi) is 21.8. The van der Waals surface area contributed by atoms with E-state index in [4.69, 9.17) is 0 Å². The van der Waals surface area contributed by atoms with Crippen LogP contribution < -0.4 is 0 Å². The Morgan fingerprint density at radius 2 is 0.603 bits per heavy atom. The molecule has 6 aromatic carbocycles. The molecule has 0 saturated carbocycles. The Labute approximate surface area is 359 Å². The number of hydrogen-bond donors (Lipinski definition) is 2. The van der Waals surface area contributed by atoms with Crippen molar-refractivity contribution < 1.29 is 39.0 Å². The number of carboxylic acids is 2. The predicted molar refractivity (Wildman–Crippen MR) is 238 cm³/mol. The Morgan fingerprint density at radius 1 is 0.414 bits per heavy atom. The molecule has 6 heteroatoms. The molecule has 0 saturated heterocycles. The standard InChI is InChI=1S/2C20H16O2.2C5H5.2CH3.H2Si.Ti/c2*21-19(22)20(16-10-4-1-5-11-16,17-12-6-2-7-13-17)18-14-8-3-9-15-18;2*1-2-4-5-3-1;;;;/h2*1-15H,(H,21,22);2*1-3H,4H2;2*1H3;1H2;/q;;4*-1;;. The van der Waals surface area contributed by atoms with Crippen LogP contribution in [0.3, 0.4) is 0 Å². The maximum atomic E-state index is 12.4. The number of carboxylic acid groups (broad SMARTS) is 2. The van der Waals surface area contributed by atoms with Crippen LogP contribution in [0.2, 0.25) is 0 Å². The quantitative estimate of drug-likeness (QED) is 0.0912. The number of rotatable bonds is 8. The van der Waals surface area contributed by atoms with Gasteiger partial charge in [0.25, 0.3) is 0 Å². The topological polar surface area (TPSA) is 74.6 Å². The van der Waals surface area contributed by atoms with Crippen LogP contribution in [0.25, 0.3) is 0 Å². The molecule has 0 amide bonds. The van der Waals surface area contributed by atoms with E-state index < -0.39 is 22.8 Å². The van der Waals surface area contributed by atoms with Crippen molar-refractivity contribution in [2.24, 2.45) is 0 Å². The first-order chi connectivity index (χ1) is 27.5. The van der Waals surface area contributed by atoms with Crippen LogP contribution in [-0.4, -0.2) is 29.8 Å². The zero-order valence-corrected chi connectivity index (χ0v) is 36.1. The molecule has 0 unspecified atom stereocenters. The van der Waals surface area contributed by atoms with Crippen molar-refractivity contribution in [1.29, 1.82) is 0 Å². The summed E-state index contributed by atoms with van der Waals surface area (Å²) < 4.78 is 0. The Morgan fingerprint density at radius 3 is 0.707 bits per heavy atom. The molecule has 0 radical (unpaired) electrons. The van der Waals surface area contributed by atoms with E-state index in [-0.39, 0.29) is 14.9 Å². The van der Waals surface area contributed by atoms with Crippen molar-refractivity contribution in [3.8, 4) is 0 Å². The van der Waals surface area contributed by atoms with Crippen LogP contribution in [0.4, 0.5) is 0 Å². The van der Waals surface area contributed by atoms with E-state index in [0.717, 1.165) is 46.2 Å². The van der Waals surface area contributed by atoms with Gasteiger partial charge in [-0.3, -0.25) is 21.7 Å². The Bertz CT molecular complexity index is 1800. The second kappa shape index (κ2) is 26.1. The number of hydrogen-bond acceptors (Lipinski definition) is 2. The molecule has 58 heavy (non-hydrogen) atoms. The van der Waals surface area contributed by atoms with Crippen molar-refractivity contribution in [2.45, 2.75) is 23.7 Å². The van der Waals surface area contributed by atoms with E-state index in [1.165, 1.54) is 0 Å². The summed E-state index contributed by atoms with van der Waals surface area (Å²) in [7, 11) is 1.86. The first-order valence-electron chi connectivity index (χ1n) is 18.1. The summed E-state index contributed by atoms with van der Waals surface area (Å²) in [6.45, 7) is 0. The second-order valence-corrected chi connectivity index (χ2v) is 12.3. The van der Waals surface area contributed by atoms with Gasteiger partial charge in [-0.2, -0.15) is 12.2 Å². The molecule has 0 spiro atoms. The van der Waals surface area contributed by atoms with Crippen molar-refractivity contribution >= 4 is 19.6 Å². The fraction of sp³-hybridized carbons (Fsp3) is 0.0769. The summed E-state index contributed by atoms with van der Waals surface area (Å²) in [6.07, 6.45) is 20.0. The first-order valence-corrected chi connectivity index (χ1v) is 22.1. The van der Waals surface area contributed by atoms with Crippen LogP contribution in [-0.2, 0) is 39.6 Å². The van der Waals surface area contributed by atoms with E-state index in [0.29, 0.717) is 0 Å². The van der Waals surface area contributed by atoms with Crippen molar-refractivity contribution in [3.63, 3.8) is 0 Å². The van der Waals surface area contributed by atoms with Gasteiger partial charge < -0.3 is 25.1 Å². The molecule has 0 aliphatic heterocycles. The summed E-state index contributed by atoms with van der Waals surface area (Å²) >= 11 is 2.03. The average Bonchev–Trinajstić information content (AvgIpc) is 4.06. The van der Waals surface area contributed by atoms with Gasteiger partial charge >= 0.3 is 38.7 Å². The number of carbonyl (C=O) groups is 2. The molecule has 4 nitrogen and oxygen atoms in total. The Balaban J connectivity index is 0.000000303. The minimum absolute atomic E-state index is 0. The monoisotopic (exact) mass is 814 g/mol. The SMILES string of the molecule is O=C(O)C(c1ccccc1)(c1ccccc1)c1ccccc1.O=C(O)C(c1ccccc1)(c1ccccc1)c1ccccc1.[C-]1=CC=CC1.[C-]1=CC=CC1.[CH3-].[CH3-].[SiH2]=[Ti]. The van der Waals surface area contributed by atoms with Gasteiger partial charge in [-0.25, -0.2) is 24.3 Å². The van der Waals surface area contributed by atoms with Crippen molar-refractivity contribution in [2.75, 3.05) is 0 Å². The normalized spacial score (nSPS) is 11.5. The van der Waals surface area contributed by atoms with Crippen molar-refractivity contribution in [1.82, 2.24) is 0 Å². The third-order valence-corrected chi connectivity index (χ3v) is 9.05. The number of benzene rings is 6. The molecule has 8 rings (SSSR count). The Hall–Kier alpha value is -5.85. The first kappa shape index (κ1) is 48.3. The third-order valence-electron chi connectivity index (χ3n) is 9.05. The zero-order chi connectivity index (χ0) is 39.9. The zero-order valence-electron chi connectivity index (χ0n) is 33.1. The number of aliphatic carboxylic acids is 2. The molecule has 0 bridgehead atoms. The van der Waals surface area contributed by atoms with E-state index in [9.17, 15) is 19.8 Å². The molecule has 294 valence electrons. The van der Waals surface area contributed by atoms with Crippen molar-refractivity contribution in [3.05, 3.63) is 279 Å². The van der Waals surface area contributed by atoms with Crippen LogP contribution in [0.15, 0.2) is 218 Å². The third kappa shape index (κ3) is 12.1. The van der Waals surface area contributed by atoms with E-state index in [1.807, 2.05) is 233 Å². The van der Waals surface area contributed by atoms with E-state index in [1.54, 1.807) is 0 Å². The van der Waals surface area contributed by atoms with Gasteiger partial charge in [0.15, 0.2) is 0 Å². The second-order valence-electron chi connectivity index (χ2n) is 12.3. The van der Waals surface area contributed by atoms with E-state index >= 15 is 0 Å². The summed E-state index contributed by atoms with van der Waals surface area (Å²) in [6, 6.07) is 56.3. The van der Waals surface area contributed by atoms with Crippen LogP contribution in [0.5, 0.6) is 0 Å². The fourth-order valence-electron chi connectivity index (χ4n) is 6.55. The van der Waals surface area contributed by atoms with Gasteiger partial charge in [-0.05, 0) is 33.4 Å². The van der Waals surface area contributed by atoms with E-state index in [2.05, 4.69) is 24.3 Å². The predicted octanol–water partition coefficient (Wildman–Crippen LogP) is 10.8. The van der Waals surface area contributed by atoms with Gasteiger partial charge in [0, 0.05) is 0 Å². The summed E-state index contributed by atoms with van der Waals surface area (Å²) in [4.78, 5) is 24.8. The molecule has 2 aliphatic carbocycles. The molecule has 0 heterocycles. The summed E-state index contributed by atoms with van der Waals surface area (Å²) in [5, 5.41) is 20.4. The molecule has 2 aliphatic rings. The average molecular weight is 815 g/mol. The van der Waals surface area contributed by atoms with Gasteiger partial charge in [-0.1, -0.05) is 182 Å². The van der Waals surface area contributed by atoms with Gasteiger partial charge in [0.2, 0.25) is 0 Å². The van der Waals surface area contributed by atoms with Crippen LogP contribution in [0.1, 0.15) is 46.2 Å². The fourth-order valence-corrected chi connectivity index (χ4v) is 6.55. The summed E-state index contributed by atoms with van der Waals surface area (Å²) in [5.74, 6) is -1.76. The molecule has 6 aromatic rings. The summed E-state index contributed by atoms with van der Waals surface area (Å²) in [5.41, 5.74) is 2.09. The molecule has 2 N–H and O–H groups in total. The van der Waals surface area contributed by atoms with Crippen LogP contribution in [0, 0.1) is 27.0 Å². The molecular weight excluding hydrogens is 765 g/mol. The molecular formula is C52H50O4SiTi-4. The van der Waals surface area contributed by atoms with Gasteiger partial charge in [-0.15, -0.1) is 12.8 Å². The molecule has 0 aromatic heterocycles. The molecule has 0 fully saturated rings. The van der Waals surface area contributed by atoms with Gasteiger partial charge in [0.05, 0.1) is 0 Å².